The molecule has 112 valence electrons. The SMILES string of the molecule is Cc1cc(OC(C)C(=O)NCCC(C)C)c(C)cc1N. The summed E-state index contributed by atoms with van der Waals surface area (Å²) in [4.78, 5) is 11.9. The zero-order valence-corrected chi connectivity index (χ0v) is 13.1. The van der Waals surface area contributed by atoms with E-state index >= 15 is 0 Å². The minimum atomic E-state index is -0.510. The molecule has 0 aromatic heterocycles. The van der Waals surface area contributed by atoms with Crippen molar-refractivity contribution in [3.8, 4) is 5.75 Å². The second-order valence-electron chi connectivity index (χ2n) is 5.71. The van der Waals surface area contributed by atoms with Gasteiger partial charge in [-0.15, -0.1) is 0 Å². The summed E-state index contributed by atoms with van der Waals surface area (Å²) in [6, 6.07) is 3.75. The van der Waals surface area contributed by atoms with E-state index < -0.39 is 6.10 Å². The maximum Gasteiger partial charge on any atom is 0.260 e. The Labute approximate surface area is 121 Å². The Morgan fingerprint density at radius 2 is 1.90 bits per heavy atom. The summed E-state index contributed by atoms with van der Waals surface area (Å²) >= 11 is 0. The first-order valence-electron chi connectivity index (χ1n) is 7.12. The third kappa shape index (κ3) is 4.76. The third-order valence-electron chi connectivity index (χ3n) is 3.26. The number of carbonyl (C=O) groups is 1. The predicted molar refractivity (Wildman–Crippen MR) is 82.9 cm³/mol. The molecular formula is C16H26N2O2. The van der Waals surface area contributed by atoms with Gasteiger partial charge in [0.2, 0.25) is 0 Å². The Bertz CT molecular complexity index is 470. The summed E-state index contributed by atoms with van der Waals surface area (Å²) in [6.45, 7) is 10.6. The molecule has 1 atom stereocenters. The summed E-state index contributed by atoms with van der Waals surface area (Å²) in [6.07, 6.45) is 0.460. The van der Waals surface area contributed by atoms with Gasteiger partial charge < -0.3 is 15.8 Å². The standard InChI is InChI=1S/C16H26N2O2/c1-10(2)6-7-18-16(19)13(5)20-15-9-11(3)14(17)8-12(15)4/h8-10,13H,6-7,17H2,1-5H3,(H,18,19). The summed E-state index contributed by atoms with van der Waals surface area (Å²) in [5.41, 5.74) is 8.48. The minimum absolute atomic E-state index is 0.0838. The fourth-order valence-electron chi connectivity index (χ4n) is 1.81. The smallest absolute Gasteiger partial charge is 0.260 e. The highest BCUT2D eigenvalue weighted by molar-refractivity contribution is 5.80. The number of ether oxygens (including phenoxy) is 1. The number of nitrogen functional groups attached to an aromatic ring is 1. The van der Waals surface area contributed by atoms with Crippen molar-refractivity contribution >= 4 is 11.6 Å². The van der Waals surface area contributed by atoms with Gasteiger partial charge in [0.1, 0.15) is 5.75 Å². The molecule has 1 unspecified atom stereocenters. The Morgan fingerprint density at radius 3 is 2.50 bits per heavy atom. The van der Waals surface area contributed by atoms with Crippen LogP contribution in [0.5, 0.6) is 5.75 Å². The average Bonchev–Trinajstić information content (AvgIpc) is 2.35. The molecule has 0 saturated heterocycles. The number of benzene rings is 1. The Hall–Kier alpha value is -1.71. The number of hydrogen-bond donors (Lipinski definition) is 2. The van der Waals surface area contributed by atoms with E-state index in [0.29, 0.717) is 18.2 Å². The van der Waals surface area contributed by atoms with E-state index in [-0.39, 0.29) is 5.91 Å². The van der Waals surface area contributed by atoms with E-state index in [2.05, 4.69) is 19.2 Å². The van der Waals surface area contributed by atoms with Gasteiger partial charge in [-0.3, -0.25) is 4.79 Å². The van der Waals surface area contributed by atoms with Gasteiger partial charge in [0.15, 0.2) is 6.10 Å². The molecule has 1 amide bonds. The van der Waals surface area contributed by atoms with E-state index in [0.717, 1.165) is 23.2 Å². The van der Waals surface area contributed by atoms with Gasteiger partial charge in [-0.2, -0.15) is 0 Å². The van der Waals surface area contributed by atoms with Crippen molar-refractivity contribution in [2.45, 2.75) is 47.1 Å². The minimum Gasteiger partial charge on any atom is -0.481 e. The zero-order chi connectivity index (χ0) is 15.3. The maximum atomic E-state index is 11.9. The molecule has 0 spiro atoms. The molecule has 0 fully saturated rings. The summed E-state index contributed by atoms with van der Waals surface area (Å²) in [5, 5.41) is 2.89. The van der Waals surface area contributed by atoms with Crippen molar-refractivity contribution in [2.24, 2.45) is 5.92 Å². The lowest BCUT2D eigenvalue weighted by Crippen LogP contribution is -2.37. The first kappa shape index (κ1) is 16.3. The molecular weight excluding hydrogens is 252 g/mol. The van der Waals surface area contributed by atoms with Crippen molar-refractivity contribution in [3.05, 3.63) is 23.3 Å². The molecule has 0 radical (unpaired) electrons. The summed E-state index contributed by atoms with van der Waals surface area (Å²) in [5.74, 6) is 1.20. The van der Waals surface area contributed by atoms with Crippen molar-refractivity contribution in [1.29, 1.82) is 0 Å². The largest absolute Gasteiger partial charge is 0.481 e. The topological polar surface area (TPSA) is 64.3 Å². The number of hydrogen-bond acceptors (Lipinski definition) is 3. The summed E-state index contributed by atoms with van der Waals surface area (Å²) < 4.78 is 5.73. The second kappa shape index (κ2) is 7.17. The fraction of sp³-hybridized carbons (Fsp3) is 0.562. The molecule has 0 aliphatic rings. The van der Waals surface area contributed by atoms with Crippen LogP contribution in [-0.2, 0) is 4.79 Å². The van der Waals surface area contributed by atoms with Crippen LogP contribution < -0.4 is 15.8 Å². The third-order valence-corrected chi connectivity index (χ3v) is 3.26. The molecule has 0 bridgehead atoms. The fourth-order valence-corrected chi connectivity index (χ4v) is 1.81. The lowest BCUT2D eigenvalue weighted by Gasteiger charge is -2.17. The normalized spacial score (nSPS) is 12.3. The number of carbonyl (C=O) groups excluding carboxylic acids is 1. The van der Waals surface area contributed by atoms with Gasteiger partial charge in [-0.25, -0.2) is 0 Å². The van der Waals surface area contributed by atoms with Crippen LogP contribution in [-0.4, -0.2) is 18.6 Å². The molecule has 4 nitrogen and oxygen atoms in total. The van der Waals surface area contributed by atoms with Crippen LogP contribution in [0.1, 0.15) is 38.3 Å². The van der Waals surface area contributed by atoms with Crippen molar-refractivity contribution in [3.63, 3.8) is 0 Å². The van der Waals surface area contributed by atoms with Crippen LogP contribution in [0.3, 0.4) is 0 Å². The van der Waals surface area contributed by atoms with E-state index in [4.69, 9.17) is 10.5 Å². The zero-order valence-electron chi connectivity index (χ0n) is 13.1. The maximum absolute atomic E-state index is 11.9. The van der Waals surface area contributed by atoms with Crippen molar-refractivity contribution in [2.75, 3.05) is 12.3 Å². The van der Waals surface area contributed by atoms with Crippen LogP contribution in [0, 0.1) is 19.8 Å². The molecule has 4 heteroatoms. The number of nitrogens with two attached hydrogens (primary N) is 1. The number of anilines is 1. The Morgan fingerprint density at radius 1 is 1.25 bits per heavy atom. The summed E-state index contributed by atoms with van der Waals surface area (Å²) in [7, 11) is 0. The molecule has 0 aliphatic carbocycles. The van der Waals surface area contributed by atoms with Gasteiger partial charge in [0, 0.05) is 12.2 Å². The molecule has 20 heavy (non-hydrogen) atoms. The highest BCUT2D eigenvalue weighted by atomic mass is 16.5. The molecule has 0 saturated carbocycles. The lowest BCUT2D eigenvalue weighted by atomic mass is 10.1. The van der Waals surface area contributed by atoms with Crippen LogP contribution in [0.2, 0.25) is 0 Å². The van der Waals surface area contributed by atoms with Crippen LogP contribution in [0.15, 0.2) is 12.1 Å². The van der Waals surface area contributed by atoms with Gasteiger partial charge >= 0.3 is 0 Å². The van der Waals surface area contributed by atoms with Crippen LogP contribution >= 0.6 is 0 Å². The van der Waals surface area contributed by atoms with E-state index in [9.17, 15) is 4.79 Å². The first-order valence-corrected chi connectivity index (χ1v) is 7.12. The predicted octanol–water partition coefficient (Wildman–Crippen LogP) is 2.82. The van der Waals surface area contributed by atoms with E-state index in [1.54, 1.807) is 6.92 Å². The van der Waals surface area contributed by atoms with Gasteiger partial charge in [0.05, 0.1) is 0 Å². The Balaban J connectivity index is 2.59. The molecule has 1 rings (SSSR count). The van der Waals surface area contributed by atoms with Crippen LogP contribution in [0.25, 0.3) is 0 Å². The van der Waals surface area contributed by atoms with E-state index in [1.807, 2.05) is 26.0 Å². The number of rotatable bonds is 6. The molecule has 0 aliphatic heterocycles. The van der Waals surface area contributed by atoms with Crippen molar-refractivity contribution < 1.29 is 9.53 Å². The lowest BCUT2D eigenvalue weighted by molar-refractivity contribution is -0.127. The monoisotopic (exact) mass is 278 g/mol. The van der Waals surface area contributed by atoms with Gasteiger partial charge in [-0.1, -0.05) is 13.8 Å². The van der Waals surface area contributed by atoms with Gasteiger partial charge in [0.25, 0.3) is 5.91 Å². The van der Waals surface area contributed by atoms with Crippen molar-refractivity contribution in [1.82, 2.24) is 5.32 Å². The van der Waals surface area contributed by atoms with Crippen LogP contribution in [0.4, 0.5) is 5.69 Å². The molecule has 3 N–H and O–H groups in total. The first-order chi connectivity index (χ1) is 9.31. The number of aryl methyl sites for hydroxylation is 2. The highest BCUT2D eigenvalue weighted by Crippen LogP contribution is 2.25. The average molecular weight is 278 g/mol. The Kier molecular flexibility index (Phi) is 5.86. The molecule has 1 aromatic rings. The van der Waals surface area contributed by atoms with E-state index in [1.165, 1.54) is 0 Å². The van der Waals surface area contributed by atoms with Gasteiger partial charge in [-0.05, 0) is 56.4 Å². The quantitative estimate of drug-likeness (QED) is 0.786. The molecule has 0 heterocycles. The number of nitrogens with one attached hydrogen (secondary N) is 1. The number of amides is 1. The molecule has 1 aromatic carbocycles. The highest BCUT2D eigenvalue weighted by Gasteiger charge is 2.15. The second-order valence-corrected chi connectivity index (χ2v) is 5.71.